The summed E-state index contributed by atoms with van der Waals surface area (Å²) in [5, 5.41) is 8.74. The van der Waals surface area contributed by atoms with E-state index in [0.29, 0.717) is 18.1 Å². The lowest BCUT2D eigenvalue weighted by Crippen LogP contribution is -2.10. The van der Waals surface area contributed by atoms with Gasteiger partial charge in [-0.1, -0.05) is 19.1 Å². The first-order valence-electron chi connectivity index (χ1n) is 4.57. The highest BCUT2D eigenvalue weighted by molar-refractivity contribution is 5.38. The van der Waals surface area contributed by atoms with Crippen molar-refractivity contribution in [3.05, 3.63) is 35.5 Å². The molecule has 1 atom stereocenters. The second-order valence-electron chi connectivity index (χ2n) is 3.33. The first-order valence-corrected chi connectivity index (χ1v) is 4.57. The Labute approximate surface area is 84.1 Å². The minimum atomic E-state index is 0.409. The lowest BCUT2D eigenvalue weighted by Gasteiger charge is -2.13. The quantitative estimate of drug-likeness (QED) is 0.676. The predicted molar refractivity (Wildman–Crippen MR) is 54.8 cm³/mol. The summed E-state index contributed by atoms with van der Waals surface area (Å²) >= 11 is 0. The van der Waals surface area contributed by atoms with Crippen LogP contribution in [0, 0.1) is 17.2 Å². The van der Waals surface area contributed by atoms with Crippen molar-refractivity contribution in [1.29, 1.82) is 5.26 Å². The fourth-order valence-corrected chi connectivity index (χ4v) is 1.33. The molecule has 0 aromatic carbocycles. The average Bonchev–Trinajstić information content (AvgIpc) is 2.18. The van der Waals surface area contributed by atoms with Gasteiger partial charge in [0, 0.05) is 0 Å². The van der Waals surface area contributed by atoms with Gasteiger partial charge in [-0.05, 0) is 30.1 Å². The van der Waals surface area contributed by atoms with Crippen LogP contribution in [0.15, 0.2) is 35.5 Å². The number of rotatable bonds is 2. The largest absolute Gasteiger partial charge is 0.300 e. The van der Waals surface area contributed by atoms with Crippen LogP contribution in [-0.2, 0) is 4.84 Å². The lowest BCUT2D eigenvalue weighted by atomic mass is 9.95. The van der Waals surface area contributed by atoms with Crippen LogP contribution in [0.1, 0.15) is 13.3 Å². The third kappa shape index (κ3) is 2.84. The normalized spacial score (nSPS) is 27.6. The van der Waals surface area contributed by atoms with Gasteiger partial charge in [0.2, 0.25) is 0 Å². The van der Waals surface area contributed by atoms with Crippen molar-refractivity contribution in [2.45, 2.75) is 13.3 Å². The molecule has 2 N–H and O–H groups in total. The van der Waals surface area contributed by atoms with Gasteiger partial charge < -0.3 is 4.84 Å². The summed E-state index contributed by atoms with van der Waals surface area (Å²) in [6, 6.07) is 2.11. The Morgan fingerprint density at radius 2 is 2.43 bits per heavy atom. The van der Waals surface area contributed by atoms with Gasteiger partial charge >= 0.3 is 0 Å². The van der Waals surface area contributed by atoms with Crippen molar-refractivity contribution >= 4 is 0 Å². The van der Waals surface area contributed by atoms with E-state index in [1.54, 1.807) is 6.08 Å². The Kier molecular flexibility index (Phi) is 4.11. The fraction of sp³-hybridized carbons (Fsp3) is 0.364. The van der Waals surface area contributed by atoms with Crippen LogP contribution < -0.4 is 5.90 Å². The average molecular weight is 190 g/mol. The van der Waals surface area contributed by atoms with Gasteiger partial charge in [0.25, 0.3) is 0 Å². The Bertz CT molecular complexity index is 321. The molecule has 14 heavy (non-hydrogen) atoms. The van der Waals surface area contributed by atoms with Crippen LogP contribution in [0.5, 0.6) is 0 Å². The SMILES string of the molecule is CC1C/C=C/C(C#N)=C\C=C1CON. The van der Waals surface area contributed by atoms with Gasteiger partial charge in [-0.15, -0.1) is 0 Å². The maximum absolute atomic E-state index is 8.74. The molecule has 0 amide bonds. The molecule has 0 heterocycles. The maximum atomic E-state index is 8.74. The molecular formula is C11H14N2O. The number of nitriles is 1. The molecular weight excluding hydrogens is 176 g/mol. The molecule has 3 nitrogen and oxygen atoms in total. The maximum Gasteiger partial charge on any atom is 0.0991 e. The minimum absolute atomic E-state index is 0.409. The number of hydrogen-bond acceptors (Lipinski definition) is 3. The monoisotopic (exact) mass is 190 g/mol. The van der Waals surface area contributed by atoms with E-state index in [0.717, 1.165) is 12.0 Å². The highest BCUT2D eigenvalue weighted by Gasteiger charge is 2.08. The standard InChI is InChI=1S/C11H14N2O/c1-9-3-2-4-10(7-12)5-6-11(9)8-14-13/h2,4-6,9H,3,8,13H2,1H3/b4-2+,10-5+,11-6?. The van der Waals surface area contributed by atoms with Gasteiger partial charge in [0.05, 0.1) is 18.2 Å². The molecule has 1 rings (SSSR count). The van der Waals surface area contributed by atoms with E-state index < -0.39 is 0 Å². The molecule has 0 saturated carbocycles. The lowest BCUT2D eigenvalue weighted by molar-refractivity contribution is 0.155. The molecule has 74 valence electrons. The van der Waals surface area contributed by atoms with Gasteiger partial charge in [0.1, 0.15) is 0 Å². The molecule has 0 bridgehead atoms. The first-order chi connectivity index (χ1) is 6.77. The molecule has 0 spiro atoms. The zero-order valence-electron chi connectivity index (χ0n) is 8.23. The van der Waals surface area contributed by atoms with E-state index >= 15 is 0 Å². The Hall–Kier alpha value is -1.37. The molecule has 0 radical (unpaired) electrons. The molecule has 1 unspecified atom stereocenters. The summed E-state index contributed by atoms with van der Waals surface area (Å²) in [7, 11) is 0. The molecule has 3 heteroatoms. The van der Waals surface area contributed by atoms with E-state index in [1.165, 1.54) is 0 Å². The van der Waals surface area contributed by atoms with Crippen LogP contribution in [0.2, 0.25) is 0 Å². The molecule has 1 aliphatic rings. The number of nitrogens with zero attached hydrogens (tertiary/aromatic N) is 1. The number of nitrogens with two attached hydrogens (primary N) is 1. The van der Waals surface area contributed by atoms with Crippen LogP contribution >= 0.6 is 0 Å². The molecule has 0 aliphatic heterocycles. The Morgan fingerprint density at radius 3 is 3.07 bits per heavy atom. The van der Waals surface area contributed by atoms with Crippen LogP contribution in [0.4, 0.5) is 0 Å². The summed E-state index contributed by atoms with van der Waals surface area (Å²) in [6.07, 6.45) is 8.46. The second-order valence-corrected chi connectivity index (χ2v) is 3.33. The van der Waals surface area contributed by atoms with Gasteiger partial charge in [-0.3, -0.25) is 0 Å². The van der Waals surface area contributed by atoms with Crippen LogP contribution in [-0.4, -0.2) is 6.61 Å². The fourth-order valence-electron chi connectivity index (χ4n) is 1.33. The summed E-state index contributed by atoms with van der Waals surface area (Å²) in [5.74, 6) is 5.44. The van der Waals surface area contributed by atoms with Crippen LogP contribution in [0.25, 0.3) is 0 Å². The topological polar surface area (TPSA) is 59.0 Å². The third-order valence-corrected chi connectivity index (χ3v) is 2.28. The molecule has 1 aliphatic carbocycles. The van der Waals surface area contributed by atoms with Crippen molar-refractivity contribution in [3.63, 3.8) is 0 Å². The molecule has 0 saturated heterocycles. The van der Waals surface area contributed by atoms with Crippen molar-refractivity contribution in [2.24, 2.45) is 11.8 Å². The van der Waals surface area contributed by atoms with E-state index in [1.807, 2.05) is 18.2 Å². The van der Waals surface area contributed by atoms with Crippen molar-refractivity contribution in [2.75, 3.05) is 6.61 Å². The summed E-state index contributed by atoms with van der Waals surface area (Å²) in [5.41, 5.74) is 1.77. The zero-order chi connectivity index (χ0) is 10.4. The highest BCUT2D eigenvalue weighted by Crippen LogP contribution is 2.18. The number of allylic oxidation sites excluding steroid dienone is 5. The number of hydrogen-bond donors (Lipinski definition) is 1. The van der Waals surface area contributed by atoms with Gasteiger partial charge in [-0.2, -0.15) is 5.26 Å². The summed E-state index contributed by atoms with van der Waals surface area (Å²) in [4.78, 5) is 4.61. The third-order valence-electron chi connectivity index (χ3n) is 2.28. The smallest absolute Gasteiger partial charge is 0.0991 e. The highest BCUT2D eigenvalue weighted by atomic mass is 16.6. The molecule has 0 fully saturated rings. The van der Waals surface area contributed by atoms with E-state index in [4.69, 9.17) is 11.2 Å². The predicted octanol–water partition coefficient (Wildman–Crippen LogP) is 1.85. The second kappa shape index (κ2) is 5.38. The summed E-state index contributed by atoms with van der Waals surface area (Å²) < 4.78 is 0. The van der Waals surface area contributed by atoms with Crippen LogP contribution in [0.3, 0.4) is 0 Å². The van der Waals surface area contributed by atoms with Crippen molar-refractivity contribution < 1.29 is 4.84 Å². The molecule has 0 aromatic rings. The summed E-state index contributed by atoms with van der Waals surface area (Å²) in [6.45, 7) is 2.53. The minimum Gasteiger partial charge on any atom is -0.300 e. The zero-order valence-corrected chi connectivity index (χ0v) is 8.23. The first kappa shape index (κ1) is 10.7. The van der Waals surface area contributed by atoms with Crippen molar-refractivity contribution in [3.8, 4) is 6.07 Å². The van der Waals surface area contributed by atoms with Gasteiger partial charge in [0.15, 0.2) is 0 Å². The van der Waals surface area contributed by atoms with E-state index in [-0.39, 0.29) is 0 Å². The van der Waals surface area contributed by atoms with Gasteiger partial charge in [-0.25, -0.2) is 5.90 Å². The van der Waals surface area contributed by atoms with Crippen molar-refractivity contribution in [1.82, 2.24) is 0 Å². The van der Waals surface area contributed by atoms with E-state index in [2.05, 4.69) is 17.8 Å². The Balaban J connectivity index is 2.88. The van der Waals surface area contributed by atoms with E-state index in [9.17, 15) is 0 Å². The molecule has 0 aromatic heterocycles. The Morgan fingerprint density at radius 1 is 1.64 bits per heavy atom.